The molecule has 170 valence electrons. The van der Waals surface area contributed by atoms with Crippen LogP contribution >= 0.6 is 0 Å². The highest BCUT2D eigenvalue weighted by Crippen LogP contribution is 2.36. The van der Waals surface area contributed by atoms with Crippen molar-refractivity contribution in [1.82, 2.24) is 0 Å². The Bertz CT molecular complexity index is 876. The maximum atomic E-state index is 13.3. The Kier molecular flexibility index (Phi) is 7.61. The first-order valence-electron chi connectivity index (χ1n) is 10.4. The fourth-order valence-corrected chi connectivity index (χ4v) is 3.56. The average molecular weight is 440 g/mol. The molecule has 0 atom stereocenters. The van der Waals surface area contributed by atoms with Gasteiger partial charge in [-0.05, 0) is 49.6 Å². The molecule has 0 bridgehead atoms. The second-order valence-electron chi connectivity index (χ2n) is 7.53. The lowest BCUT2D eigenvalue weighted by atomic mass is 9.98. The van der Waals surface area contributed by atoms with E-state index in [1.54, 1.807) is 6.07 Å². The highest BCUT2D eigenvalue weighted by molar-refractivity contribution is 6.04. The Hall–Kier alpha value is -2.52. The van der Waals surface area contributed by atoms with Gasteiger partial charge in [0.25, 0.3) is 5.91 Å². The van der Waals surface area contributed by atoms with Crippen LogP contribution in [0.5, 0.6) is 0 Å². The van der Waals surface area contributed by atoms with Crippen molar-refractivity contribution in [3.63, 3.8) is 0 Å². The predicted octanol–water partition coefficient (Wildman–Crippen LogP) is 5.00. The Morgan fingerprint density at radius 3 is 2.61 bits per heavy atom. The summed E-state index contributed by atoms with van der Waals surface area (Å²) < 4.78 is 50.8. The van der Waals surface area contributed by atoms with E-state index in [4.69, 9.17) is 9.15 Å². The molecule has 3 rings (SSSR count). The lowest BCUT2D eigenvalue weighted by Gasteiger charge is -2.25. The molecule has 1 aromatic carbocycles. The Labute approximate surface area is 179 Å². The number of nitrogens with zero attached hydrogens (tertiary/aromatic N) is 1. The van der Waals surface area contributed by atoms with Gasteiger partial charge in [-0.3, -0.25) is 4.79 Å². The number of halogens is 3. The lowest BCUT2D eigenvalue weighted by molar-refractivity contribution is -0.137. The molecule has 0 unspecified atom stereocenters. The van der Waals surface area contributed by atoms with E-state index < -0.39 is 17.6 Å². The minimum absolute atomic E-state index is 0.0222. The van der Waals surface area contributed by atoms with Gasteiger partial charge in [-0.15, -0.1) is 0 Å². The normalized spacial score (nSPS) is 15.1. The maximum Gasteiger partial charge on any atom is 0.416 e. The van der Waals surface area contributed by atoms with Crippen molar-refractivity contribution in [2.75, 3.05) is 36.7 Å². The molecule has 1 saturated heterocycles. The number of alkyl halides is 3. The van der Waals surface area contributed by atoms with Crippen LogP contribution in [0.25, 0.3) is 0 Å². The summed E-state index contributed by atoms with van der Waals surface area (Å²) in [4.78, 5) is 14.3. The molecule has 2 heterocycles. The van der Waals surface area contributed by atoms with Gasteiger partial charge in [-0.1, -0.05) is 13.3 Å². The number of carbonyl (C=O) groups excluding carboxylic acids is 1. The van der Waals surface area contributed by atoms with Gasteiger partial charge in [0.2, 0.25) is 0 Å². The second-order valence-corrected chi connectivity index (χ2v) is 7.53. The van der Waals surface area contributed by atoms with Crippen LogP contribution in [0.15, 0.2) is 34.7 Å². The fourth-order valence-electron chi connectivity index (χ4n) is 3.56. The van der Waals surface area contributed by atoms with E-state index in [0.29, 0.717) is 31.2 Å². The van der Waals surface area contributed by atoms with Crippen LogP contribution in [-0.2, 0) is 10.9 Å². The molecular formula is C22H27F3N2O4. The maximum absolute atomic E-state index is 13.3. The molecule has 1 aliphatic rings. The Balaban J connectivity index is 1.85. The summed E-state index contributed by atoms with van der Waals surface area (Å²) in [5.74, 6) is 0.192. The summed E-state index contributed by atoms with van der Waals surface area (Å²) in [6.07, 6.45) is -1.40. The summed E-state index contributed by atoms with van der Waals surface area (Å²) in [5, 5.41) is 12.3. The molecule has 31 heavy (non-hydrogen) atoms. The van der Waals surface area contributed by atoms with Crippen LogP contribution in [0.2, 0.25) is 0 Å². The highest BCUT2D eigenvalue weighted by Gasteiger charge is 2.32. The van der Waals surface area contributed by atoms with Gasteiger partial charge < -0.3 is 24.5 Å². The number of benzene rings is 1. The summed E-state index contributed by atoms with van der Waals surface area (Å²) in [6, 6.07) is 6.33. The molecule has 0 saturated carbocycles. The number of unbranched alkanes of at least 4 members (excludes halogenated alkanes) is 1. The van der Waals surface area contributed by atoms with E-state index >= 15 is 0 Å². The summed E-state index contributed by atoms with van der Waals surface area (Å²) >= 11 is 0. The van der Waals surface area contributed by atoms with Crippen LogP contribution in [0.4, 0.5) is 24.5 Å². The molecular weight excluding hydrogens is 413 g/mol. The molecule has 6 nitrogen and oxygen atoms in total. The predicted molar refractivity (Wildman–Crippen MR) is 110 cm³/mol. The fraction of sp³-hybridized carbons (Fsp3) is 0.500. The molecule has 0 aliphatic carbocycles. The van der Waals surface area contributed by atoms with Crippen LogP contribution in [0.1, 0.15) is 60.4 Å². The van der Waals surface area contributed by atoms with Crippen LogP contribution in [0.3, 0.4) is 0 Å². The van der Waals surface area contributed by atoms with E-state index in [9.17, 15) is 23.1 Å². The number of aliphatic hydroxyl groups is 1. The third-order valence-corrected chi connectivity index (χ3v) is 5.34. The van der Waals surface area contributed by atoms with Crippen molar-refractivity contribution in [3.8, 4) is 0 Å². The van der Waals surface area contributed by atoms with Gasteiger partial charge in [0.15, 0.2) is 5.76 Å². The number of rotatable bonds is 8. The molecule has 0 radical (unpaired) electrons. The molecule has 1 fully saturated rings. The molecule has 1 amide bonds. The number of carbonyl (C=O) groups is 1. The van der Waals surface area contributed by atoms with Gasteiger partial charge in [-0.2, -0.15) is 13.2 Å². The van der Waals surface area contributed by atoms with Gasteiger partial charge in [-0.25, -0.2) is 0 Å². The smallest absolute Gasteiger partial charge is 0.416 e. The highest BCUT2D eigenvalue weighted by atomic mass is 19.4. The zero-order chi connectivity index (χ0) is 22.4. The summed E-state index contributed by atoms with van der Waals surface area (Å²) in [6.45, 7) is 3.27. The molecule has 1 aromatic heterocycles. The molecule has 1 aliphatic heterocycles. The topological polar surface area (TPSA) is 74.9 Å². The van der Waals surface area contributed by atoms with Crippen molar-refractivity contribution in [1.29, 1.82) is 0 Å². The quantitative estimate of drug-likeness (QED) is 0.565. The van der Waals surface area contributed by atoms with E-state index in [1.165, 1.54) is 17.0 Å². The standard InChI is InChI=1S/C22H27F3N2O4/c1-2-3-10-27(14-28)18-5-4-16(22(23,24)25)13-17(18)26-21(29)20-7-6-19(31-20)15-8-11-30-12-9-15/h4-7,13,15,28H,2-3,8-12,14H2,1H3,(H,26,29). The molecule has 0 spiro atoms. The summed E-state index contributed by atoms with van der Waals surface area (Å²) in [7, 11) is 0. The zero-order valence-electron chi connectivity index (χ0n) is 17.4. The van der Waals surface area contributed by atoms with Crippen molar-refractivity contribution in [3.05, 3.63) is 47.4 Å². The monoisotopic (exact) mass is 440 g/mol. The second kappa shape index (κ2) is 10.2. The minimum Gasteiger partial charge on any atom is -0.456 e. The van der Waals surface area contributed by atoms with Gasteiger partial charge in [0, 0.05) is 25.7 Å². The van der Waals surface area contributed by atoms with Crippen molar-refractivity contribution >= 4 is 17.3 Å². The van der Waals surface area contributed by atoms with Crippen LogP contribution in [-0.4, -0.2) is 37.5 Å². The van der Waals surface area contributed by atoms with E-state index in [1.807, 2.05) is 6.92 Å². The number of anilines is 2. The van der Waals surface area contributed by atoms with Gasteiger partial charge in [0.1, 0.15) is 12.5 Å². The van der Waals surface area contributed by atoms with E-state index in [0.717, 1.165) is 37.8 Å². The number of hydrogen-bond donors (Lipinski definition) is 2. The molecule has 2 aromatic rings. The Morgan fingerprint density at radius 1 is 1.23 bits per heavy atom. The van der Waals surface area contributed by atoms with Crippen molar-refractivity contribution in [2.24, 2.45) is 0 Å². The third-order valence-electron chi connectivity index (χ3n) is 5.34. The molecule has 9 heteroatoms. The van der Waals surface area contributed by atoms with Crippen LogP contribution < -0.4 is 10.2 Å². The van der Waals surface area contributed by atoms with E-state index in [2.05, 4.69) is 5.32 Å². The number of aliphatic hydroxyl groups excluding tert-OH is 1. The molecule has 2 N–H and O–H groups in total. The largest absolute Gasteiger partial charge is 0.456 e. The Morgan fingerprint density at radius 2 is 1.97 bits per heavy atom. The minimum atomic E-state index is -4.56. The first-order valence-corrected chi connectivity index (χ1v) is 10.4. The number of hydrogen-bond acceptors (Lipinski definition) is 5. The average Bonchev–Trinajstić information content (AvgIpc) is 3.25. The van der Waals surface area contributed by atoms with Crippen molar-refractivity contribution < 1.29 is 32.2 Å². The SMILES string of the molecule is CCCCN(CO)c1ccc(C(F)(F)F)cc1NC(=O)c1ccc(C2CCOCC2)o1. The van der Waals surface area contributed by atoms with Gasteiger partial charge in [0.05, 0.1) is 16.9 Å². The number of nitrogens with one attached hydrogen (secondary N) is 1. The van der Waals surface area contributed by atoms with Gasteiger partial charge >= 0.3 is 6.18 Å². The lowest BCUT2D eigenvalue weighted by Crippen LogP contribution is -2.27. The number of ether oxygens (including phenoxy) is 1. The summed E-state index contributed by atoms with van der Waals surface area (Å²) in [5.41, 5.74) is -0.607. The zero-order valence-corrected chi connectivity index (χ0v) is 17.4. The number of furan rings is 1. The first kappa shape index (κ1) is 23.1. The van der Waals surface area contributed by atoms with Crippen molar-refractivity contribution in [2.45, 2.75) is 44.7 Å². The van der Waals surface area contributed by atoms with Crippen LogP contribution in [0, 0.1) is 0 Å². The third kappa shape index (κ3) is 5.80. The first-order chi connectivity index (χ1) is 14.8. The van der Waals surface area contributed by atoms with E-state index in [-0.39, 0.29) is 24.1 Å². The number of amides is 1.